The van der Waals surface area contributed by atoms with Crippen LogP contribution in [-0.2, 0) is 11.3 Å². The average molecular weight is 379 g/mol. The van der Waals surface area contributed by atoms with Crippen LogP contribution in [0, 0.1) is 0 Å². The fraction of sp³-hybridized carbons (Fsp3) is 0.538. The number of benzene rings is 1. The lowest BCUT2D eigenvalue weighted by atomic mass is 10.2. The lowest BCUT2D eigenvalue weighted by molar-refractivity contribution is 0.0793. The second-order valence-electron chi connectivity index (χ2n) is 4.74. The van der Waals surface area contributed by atoms with E-state index in [4.69, 9.17) is 4.74 Å². The Labute approximate surface area is 124 Å². The van der Waals surface area contributed by atoms with E-state index in [1.807, 2.05) is 12.1 Å². The van der Waals surface area contributed by atoms with Gasteiger partial charge in [0.25, 0.3) is 0 Å². The quantitative estimate of drug-likeness (QED) is 0.869. The third-order valence-electron chi connectivity index (χ3n) is 3.07. The zero-order valence-corrected chi connectivity index (χ0v) is 13.5. The van der Waals surface area contributed by atoms with Gasteiger partial charge in [-0.25, -0.2) is 0 Å². The van der Waals surface area contributed by atoms with Crippen LogP contribution in [0.5, 0.6) is 5.75 Å². The number of likely N-dealkylation sites (N-methyl/N-ethyl adjacent to an activating group) is 1. The molecule has 0 saturated carbocycles. The van der Waals surface area contributed by atoms with Crippen molar-refractivity contribution in [1.82, 2.24) is 4.90 Å². The number of ether oxygens (including phenoxy) is 1. The maximum absolute atomic E-state index is 9.67. The molecule has 1 aromatic rings. The van der Waals surface area contributed by atoms with Crippen molar-refractivity contribution >= 4 is 31.9 Å². The van der Waals surface area contributed by atoms with Crippen molar-refractivity contribution in [1.29, 1.82) is 0 Å². The normalized spacial score (nSPS) is 19.7. The molecule has 1 unspecified atom stereocenters. The van der Waals surface area contributed by atoms with E-state index in [-0.39, 0.29) is 5.75 Å². The van der Waals surface area contributed by atoms with Crippen molar-refractivity contribution in [2.75, 3.05) is 20.2 Å². The molecule has 0 radical (unpaired) electrons. The SMILES string of the molecule is CN(Cc1cc(Br)c(O)c(Br)c1)CC1CCCO1. The van der Waals surface area contributed by atoms with Crippen LogP contribution >= 0.6 is 31.9 Å². The lowest BCUT2D eigenvalue weighted by Gasteiger charge is -2.20. The molecule has 100 valence electrons. The Kier molecular flexibility index (Phi) is 5.06. The number of halogens is 2. The summed E-state index contributed by atoms with van der Waals surface area (Å²) in [5.41, 5.74) is 1.16. The molecular weight excluding hydrogens is 362 g/mol. The summed E-state index contributed by atoms with van der Waals surface area (Å²) in [5, 5.41) is 9.67. The minimum atomic E-state index is 0.250. The topological polar surface area (TPSA) is 32.7 Å². The number of hydrogen-bond donors (Lipinski definition) is 1. The number of hydrogen-bond acceptors (Lipinski definition) is 3. The van der Waals surface area contributed by atoms with Crippen LogP contribution in [0.4, 0.5) is 0 Å². The molecule has 1 heterocycles. The van der Waals surface area contributed by atoms with Crippen LogP contribution < -0.4 is 0 Å². The number of rotatable bonds is 4. The van der Waals surface area contributed by atoms with E-state index in [2.05, 4.69) is 43.8 Å². The van der Waals surface area contributed by atoms with Gasteiger partial charge in [0.2, 0.25) is 0 Å². The van der Waals surface area contributed by atoms with Crippen molar-refractivity contribution in [2.24, 2.45) is 0 Å². The highest BCUT2D eigenvalue weighted by atomic mass is 79.9. The highest BCUT2D eigenvalue weighted by Gasteiger charge is 2.17. The van der Waals surface area contributed by atoms with Crippen molar-refractivity contribution in [3.05, 3.63) is 26.6 Å². The molecule has 2 rings (SSSR count). The number of nitrogens with zero attached hydrogens (tertiary/aromatic N) is 1. The van der Waals surface area contributed by atoms with Gasteiger partial charge in [0.05, 0.1) is 15.0 Å². The van der Waals surface area contributed by atoms with Gasteiger partial charge in [-0.3, -0.25) is 4.90 Å². The van der Waals surface area contributed by atoms with Crippen LogP contribution in [0.2, 0.25) is 0 Å². The third kappa shape index (κ3) is 3.70. The molecular formula is C13H17Br2NO2. The van der Waals surface area contributed by atoms with Crippen LogP contribution in [-0.4, -0.2) is 36.3 Å². The van der Waals surface area contributed by atoms with E-state index in [1.165, 1.54) is 6.42 Å². The molecule has 3 nitrogen and oxygen atoms in total. The zero-order valence-electron chi connectivity index (χ0n) is 10.3. The van der Waals surface area contributed by atoms with Crippen molar-refractivity contribution in [3.63, 3.8) is 0 Å². The Morgan fingerprint density at radius 3 is 2.61 bits per heavy atom. The summed E-state index contributed by atoms with van der Waals surface area (Å²) in [6.07, 6.45) is 2.71. The fourth-order valence-electron chi connectivity index (χ4n) is 2.22. The fourth-order valence-corrected chi connectivity index (χ4v) is 3.50. The predicted octanol–water partition coefficient (Wildman–Crippen LogP) is 3.53. The zero-order chi connectivity index (χ0) is 13.1. The molecule has 0 spiro atoms. The predicted molar refractivity (Wildman–Crippen MR) is 78.8 cm³/mol. The second kappa shape index (κ2) is 6.37. The molecule has 1 N–H and O–H groups in total. The molecule has 18 heavy (non-hydrogen) atoms. The van der Waals surface area contributed by atoms with Gasteiger partial charge in [-0.1, -0.05) is 0 Å². The van der Waals surface area contributed by atoms with Gasteiger partial charge >= 0.3 is 0 Å². The first-order chi connectivity index (χ1) is 8.56. The van der Waals surface area contributed by atoms with Gasteiger partial charge in [0.15, 0.2) is 0 Å². The summed E-state index contributed by atoms with van der Waals surface area (Å²) in [6, 6.07) is 3.90. The maximum Gasteiger partial charge on any atom is 0.143 e. The van der Waals surface area contributed by atoms with E-state index in [0.717, 1.165) is 40.6 Å². The summed E-state index contributed by atoms with van der Waals surface area (Å²) in [4.78, 5) is 2.25. The molecule has 1 fully saturated rings. The summed E-state index contributed by atoms with van der Waals surface area (Å²) in [7, 11) is 2.09. The Morgan fingerprint density at radius 1 is 1.39 bits per heavy atom. The molecule has 0 aliphatic carbocycles. The Morgan fingerprint density at radius 2 is 2.06 bits per heavy atom. The highest BCUT2D eigenvalue weighted by Crippen LogP contribution is 2.33. The smallest absolute Gasteiger partial charge is 0.143 e. The molecule has 1 atom stereocenters. The number of phenolic OH excluding ortho intramolecular Hbond substituents is 1. The molecule has 1 aromatic carbocycles. The molecule has 5 heteroatoms. The van der Waals surface area contributed by atoms with E-state index in [1.54, 1.807) is 0 Å². The molecule has 1 aliphatic rings. The largest absolute Gasteiger partial charge is 0.506 e. The van der Waals surface area contributed by atoms with E-state index < -0.39 is 0 Å². The highest BCUT2D eigenvalue weighted by molar-refractivity contribution is 9.11. The molecule has 1 saturated heterocycles. The summed E-state index contributed by atoms with van der Waals surface area (Å²) < 4.78 is 7.07. The van der Waals surface area contributed by atoms with Crippen LogP contribution in [0.3, 0.4) is 0 Å². The van der Waals surface area contributed by atoms with E-state index in [0.29, 0.717) is 6.10 Å². The van der Waals surface area contributed by atoms with Gasteiger partial charge in [0.1, 0.15) is 5.75 Å². The molecule has 0 aromatic heterocycles. The Balaban J connectivity index is 1.95. The monoisotopic (exact) mass is 377 g/mol. The molecule has 0 amide bonds. The van der Waals surface area contributed by atoms with Crippen LogP contribution in [0.1, 0.15) is 18.4 Å². The van der Waals surface area contributed by atoms with Gasteiger partial charge in [-0.15, -0.1) is 0 Å². The Hall–Kier alpha value is -0.100. The van der Waals surface area contributed by atoms with Gasteiger partial charge in [-0.05, 0) is 69.4 Å². The summed E-state index contributed by atoms with van der Waals surface area (Å²) in [6.45, 7) is 2.70. The van der Waals surface area contributed by atoms with Crippen molar-refractivity contribution < 1.29 is 9.84 Å². The van der Waals surface area contributed by atoms with Gasteiger partial charge in [0, 0.05) is 19.7 Å². The number of aromatic hydroxyl groups is 1. The first-order valence-corrected chi connectivity index (χ1v) is 7.62. The van der Waals surface area contributed by atoms with Crippen molar-refractivity contribution in [2.45, 2.75) is 25.5 Å². The first-order valence-electron chi connectivity index (χ1n) is 6.03. The average Bonchev–Trinajstić information content (AvgIpc) is 2.78. The van der Waals surface area contributed by atoms with Gasteiger partial charge in [-0.2, -0.15) is 0 Å². The summed E-state index contributed by atoms with van der Waals surface area (Å²) in [5.74, 6) is 0.250. The van der Waals surface area contributed by atoms with Gasteiger partial charge < -0.3 is 9.84 Å². The third-order valence-corrected chi connectivity index (χ3v) is 4.28. The maximum atomic E-state index is 9.67. The Bertz CT molecular complexity index is 396. The second-order valence-corrected chi connectivity index (χ2v) is 6.45. The minimum absolute atomic E-state index is 0.250. The molecule has 1 aliphatic heterocycles. The summed E-state index contributed by atoms with van der Waals surface area (Å²) >= 11 is 6.70. The standard InChI is InChI=1S/C13H17Br2NO2/c1-16(8-10-3-2-4-18-10)7-9-5-11(14)13(17)12(15)6-9/h5-6,10,17H,2-4,7-8H2,1H3. The van der Waals surface area contributed by atoms with E-state index in [9.17, 15) is 5.11 Å². The van der Waals surface area contributed by atoms with Crippen LogP contribution in [0.25, 0.3) is 0 Å². The van der Waals surface area contributed by atoms with Crippen molar-refractivity contribution in [3.8, 4) is 5.75 Å². The van der Waals surface area contributed by atoms with E-state index >= 15 is 0 Å². The first kappa shape index (κ1) is 14.3. The molecule has 0 bridgehead atoms. The lowest BCUT2D eigenvalue weighted by Crippen LogP contribution is -2.28. The van der Waals surface area contributed by atoms with Crippen LogP contribution in [0.15, 0.2) is 21.1 Å². The number of phenols is 1. The minimum Gasteiger partial charge on any atom is -0.506 e.